The summed E-state index contributed by atoms with van der Waals surface area (Å²) in [6.07, 6.45) is 3.96. The first-order chi connectivity index (χ1) is 13.7. The minimum Gasteiger partial charge on any atom is -0.359 e. The molecule has 0 radical (unpaired) electrons. The lowest BCUT2D eigenvalue weighted by atomic mass is 10.0. The van der Waals surface area contributed by atoms with Gasteiger partial charge in [0.15, 0.2) is 4.93 Å². The zero-order chi connectivity index (χ0) is 20.8. The normalized spacial score (nSPS) is 15.0. The molecule has 0 aliphatic heterocycles. The fourth-order valence-corrected chi connectivity index (χ4v) is 4.77. The average molecular weight is 412 g/mol. The third kappa shape index (κ3) is 3.63. The molecule has 0 saturated heterocycles. The molecular weight excluding hydrogens is 386 g/mol. The van der Waals surface area contributed by atoms with Gasteiger partial charge in [0.1, 0.15) is 0 Å². The Morgan fingerprint density at radius 3 is 2.45 bits per heavy atom. The zero-order valence-corrected chi connectivity index (χ0v) is 17.7. The van der Waals surface area contributed by atoms with Crippen molar-refractivity contribution in [1.29, 1.82) is 0 Å². The van der Waals surface area contributed by atoms with Crippen molar-refractivity contribution in [2.75, 3.05) is 6.61 Å². The van der Waals surface area contributed by atoms with Crippen LogP contribution >= 0.6 is 0 Å². The van der Waals surface area contributed by atoms with Crippen LogP contribution in [-0.4, -0.2) is 24.5 Å². The van der Waals surface area contributed by atoms with Crippen LogP contribution in [0.15, 0.2) is 64.4 Å². The van der Waals surface area contributed by atoms with Gasteiger partial charge in [0.2, 0.25) is 9.84 Å². The number of fused-ring (bicyclic) bond motifs is 1. The van der Waals surface area contributed by atoms with Gasteiger partial charge < -0.3 is 9.30 Å². The van der Waals surface area contributed by atoms with Crippen LogP contribution in [0.2, 0.25) is 0 Å². The number of benzene rings is 2. The number of aromatic nitrogens is 1. The number of pyridine rings is 1. The monoisotopic (exact) mass is 411 g/mol. The smallest absolute Gasteiger partial charge is 0.258 e. The Labute approximate surface area is 170 Å². The third-order valence-electron chi connectivity index (χ3n) is 5.56. The second-order valence-electron chi connectivity index (χ2n) is 8.19. The Bertz CT molecular complexity index is 1240. The second kappa shape index (κ2) is 7.11. The molecule has 0 N–H and O–H groups in total. The highest BCUT2D eigenvalue weighted by atomic mass is 32.2. The van der Waals surface area contributed by atoms with E-state index in [1.54, 1.807) is 51.4 Å². The second-order valence-corrected chi connectivity index (χ2v) is 10.7. The Morgan fingerprint density at radius 2 is 1.76 bits per heavy atom. The molecule has 0 atom stereocenters. The number of hydrogen-bond donors (Lipinski definition) is 0. The maximum absolute atomic E-state index is 13.3. The molecule has 0 unspecified atom stereocenters. The molecule has 4 rings (SSSR count). The summed E-state index contributed by atoms with van der Waals surface area (Å²) in [4.78, 5) is 11.4. The summed E-state index contributed by atoms with van der Waals surface area (Å²) >= 11 is 0. The summed E-state index contributed by atoms with van der Waals surface area (Å²) in [5.74, 6) is 0.479. The standard InChI is InChI=1S/C23H25NO4S/c1-23(2,28-15-16-11-12-16)29(26,27)18-8-6-7-17(13-18)21-14-24(3)22(25)20-10-5-4-9-19(20)21/h4-10,13-14,16H,11-12,15H2,1-3H3. The van der Waals surface area contributed by atoms with Gasteiger partial charge in [-0.2, -0.15) is 0 Å². The van der Waals surface area contributed by atoms with Crippen molar-refractivity contribution in [3.63, 3.8) is 0 Å². The molecule has 29 heavy (non-hydrogen) atoms. The predicted octanol–water partition coefficient (Wildman–Crippen LogP) is 4.14. The molecule has 0 bridgehead atoms. The lowest BCUT2D eigenvalue weighted by molar-refractivity contribution is 0.0372. The van der Waals surface area contributed by atoms with Crippen molar-refractivity contribution in [2.24, 2.45) is 13.0 Å². The van der Waals surface area contributed by atoms with Crippen LogP contribution in [0.5, 0.6) is 0 Å². The zero-order valence-electron chi connectivity index (χ0n) is 16.9. The first kappa shape index (κ1) is 19.9. The fraction of sp³-hybridized carbons (Fsp3) is 0.348. The van der Waals surface area contributed by atoms with Crippen molar-refractivity contribution in [2.45, 2.75) is 36.5 Å². The van der Waals surface area contributed by atoms with Gasteiger partial charge in [-0.15, -0.1) is 0 Å². The lowest BCUT2D eigenvalue weighted by Crippen LogP contribution is -2.35. The number of ether oxygens (including phenoxy) is 1. The van der Waals surface area contributed by atoms with Gasteiger partial charge in [-0.3, -0.25) is 4.79 Å². The van der Waals surface area contributed by atoms with Crippen molar-refractivity contribution in [3.05, 3.63) is 65.1 Å². The van der Waals surface area contributed by atoms with E-state index in [2.05, 4.69) is 0 Å². The van der Waals surface area contributed by atoms with E-state index in [1.165, 1.54) is 4.57 Å². The Kier molecular flexibility index (Phi) is 4.87. The molecule has 6 heteroatoms. The van der Waals surface area contributed by atoms with E-state index < -0.39 is 14.8 Å². The molecule has 0 spiro atoms. The summed E-state index contributed by atoms with van der Waals surface area (Å²) in [7, 11) is -2.00. The van der Waals surface area contributed by atoms with E-state index in [1.807, 2.05) is 24.3 Å². The van der Waals surface area contributed by atoms with Crippen LogP contribution in [0.25, 0.3) is 21.9 Å². The molecule has 1 aliphatic rings. The van der Waals surface area contributed by atoms with E-state index in [-0.39, 0.29) is 10.5 Å². The third-order valence-corrected chi connectivity index (χ3v) is 7.84. The van der Waals surface area contributed by atoms with Gasteiger partial charge in [-0.25, -0.2) is 8.42 Å². The first-order valence-corrected chi connectivity index (χ1v) is 11.3. The van der Waals surface area contributed by atoms with Crippen molar-refractivity contribution < 1.29 is 13.2 Å². The summed E-state index contributed by atoms with van der Waals surface area (Å²) in [5.41, 5.74) is 1.48. The van der Waals surface area contributed by atoms with Crippen LogP contribution in [0, 0.1) is 5.92 Å². The van der Waals surface area contributed by atoms with Gasteiger partial charge >= 0.3 is 0 Å². The number of aryl methyl sites for hydroxylation is 1. The van der Waals surface area contributed by atoms with Crippen LogP contribution in [0.1, 0.15) is 26.7 Å². The minimum absolute atomic E-state index is 0.0808. The number of nitrogens with zero attached hydrogens (tertiary/aromatic N) is 1. The van der Waals surface area contributed by atoms with Crippen LogP contribution in [0.3, 0.4) is 0 Å². The van der Waals surface area contributed by atoms with Crippen LogP contribution in [0.4, 0.5) is 0 Å². The Balaban J connectivity index is 1.79. The van der Waals surface area contributed by atoms with Crippen molar-refractivity contribution in [1.82, 2.24) is 4.57 Å². The van der Waals surface area contributed by atoms with Gasteiger partial charge in [0.05, 0.1) is 11.5 Å². The molecule has 3 aromatic rings. The molecule has 1 fully saturated rings. The highest BCUT2D eigenvalue weighted by Crippen LogP contribution is 2.35. The van der Waals surface area contributed by atoms with Gasteiger partial charge in [-0.1, -0.05) is 30.3 Å². The molecule has 1 saturated carbocycles. The molecule has 1 aromatic heterocycles. The first-order valence-electron chi connectivity index (χ1n) is 9.78. The molecule has 5 nitrogen and oxygen atoms in total. The van der Waals surface area contributed by atoms with E-state index in [9.17, 15) is 13.2 Å². The Hall–Kier alpha value is -2.44. The maximum Gasteiger partial charge on any atom is 0.258 e. The summed E-state index contributed by atoms with van der Waals surface area (Å²) in [6, 6.07) is 14.2. The van der Waals surface area contributed by atoms with Crippen molar-refractivity contribution >= 4 is 20.6 Å². The molecule has 1 aliphatic carbocycles. The minimum atomic E-state index is -3.70. The molecule has 152 valence electrons. The Morgan fingerprint density at radius 1 is 1.07 bits per heavy atom. The number of hydrogen-bond acceptors (Lipinski definition) is 4. The van der Waals surface area contributed by atoms with Crippen molar-refractivity contribution in [3.8, 4) is 11.1 Å². The quantitative estimate of drug-likeness (QED) is 0.611. The van der Waals surface area contributed by atoms with E-state index >= 15 is 0 Å². The molecule has 2 aromatic carbocycles. The SMILES string of the molecule is Cn1cc(-c2cccc(S(=O)(=O)C(C)(C)OCC3CC3)c2)c2ccccc2c1=O. The molecule has 1 heterocycles. The highest BCUT2D eigenvalue weighted by Gasteiger charge is 2.38. The average Bonchev–Trinajstić information content (AvgIpc) is 3.54. The van der Waals surface area contributed by atoms with Crippen LogP contribution < -0.4 is 5.56 Å². The maximum atomic E-state index is 13.3. The predicted molar refractivity (Wildman–Crippen MR) is 115 cm³/mol. The fourth-order valence-electron chi connectivity index (χ4n) is 3.44. The van der Waals surface area contributed by atoms with E-state index in [0.717, 1.165) is 29.4 Å². The topological polar surface area (TPSA) is 65.4 Å². The van der Waals surface area contributed by atoms with E-state index in [0.29, 0.717) is 17.9 Å². The highest BCUT2D eigenvalue weighted by molar-refractivity contribution is 7.92. The van der Waals surface area contributed by atoms with Crippen LogP contribution in [-0.2, 0) is 21.6 Å². The molecular formula is C23H25NO4S. The number of rotatable bonds is 6. The van der Waals surface area contributed by atoms with E-state index in [4.69, 9.17) is 4.74 Å². The van der Waals surface area contributed by atoms with Gasteiger partial charge in [0, 0.05) is 24.2 Å². The summed E-state index contributed by atoms with van der Waals surface area (Å²) < 4.78 is 33.9. The van der Waals surface area contributed by atoms with Gasteiger partial charge in [-0.05, 0) is 61.8 Å². The lowest BCUT2D eigenvalue weighted by Gasteiger charge is -2.25. The summed E-state index contributed by atoms with van der Waals surface area (Å²) in [5, 5.41) is 1.41. The largest absolute Gasteiger partial charge is 0.359 e. The summed E-state index contributed by atoms with van der Waals surface area (Å²) in [6.45, 7) is 3.69. The molecule has 0 amide bonds. The number of sulfone groups is 1. The van der Waals surface area contributed by atoms with Gasteiger partial charge in [0.25, 0.3) is 5.56 Å².